The lowest BCUT2D eigenvalue weighted by Crippen LogP contribution is -2.46. The van der Waals surface area contributed by atoms with Crippen LogP contribution in [0.5, 0.6) is 0 Å². The highest BCUT2D eigenvalue weighted by atomic mass is 16.2. The summed E-state index contributed by atoms with van der Waals surface area (Å²) in [5, 5.41) is 0. The molecule has 1 aliphatic heterocycles. The average molecular weight is 226 g/mol. The molecule has 3 nitrogen and oxygen atoms in total. The third kappa shape index (κ3) is 3.21. The molecule has 1 atom stereocenters. The molecule has 1 heterocycles. The number of rotatable bonds is 3. The Morgan fingerprint density at radius 1 is 1.19 bits per heavy atom. The fourth-order valence-corrected chi connectivity index (χ4v) is 2.18. The maximum atomic E-state index is 12.1. The summed E-state index contributed by atoms with van der Waals surface area (Å²) in [6.07, 6.45) is 2.23. The first kappa shape index (κ1) is 13.5. The van der Waals surface area contributed by atoms with Gasteiger partial charge in [-0.25, -0.2) is 0 Å². The lowest BCUT2D eigenvalue weighted by Gasteiger charge is -2.36. The van der Waals surface area contributed by atoms with E-state index in [2.05, 4.69) is 32.8 Å². The summed E-state index contributed by atoms with van der Waals surface area (Å²) in [6, 6.07) is 0.651. The van der Waals surface area contributed by atoms with Crippen molar-refractivity contribution in [1.82, 2.24) is 9.80 Å². The average Bonchev–Trinajstić information content (AvgIpc) is 2.27. The van der Waals surface area contributed by atoms with Crippen molar-refractivity contribution in [3.05, 3.63) is 0 Å². The van der Waals surface area contributed by atoms with Crippen LogP contribution in [0.3, 0.4) is 0 Å². The predicted octanol–water partition coefficient (Wildman–Crippen LogP) is 1.83. The van der Waals surface area contributed by atoms with Gasteiger partial charge in [-0.3, -0.25) is 4.79 Å². The molecule has 0 aromatic rings. The molecule has 1 rings (SSSR count). The van der Waals surface area contributed by atoms with Crippen LogP contribution in [0.4, 0.5) is 0 Å². The number of nitrogens with zero attached hydrogens (tertiary/aromatic N) is 2. The molecule has 0 bridgehead atoms. The molecule has 0 aliphatic carbocycles. The van der Waals surface area contributed by atoms with Crippen LogP contribution in [-0.4, -0.2) is 48.9 Å². The Bertz CT molecular complexity index is 230. The smallest absolute Gasteiger partial charge is 0.225 e. The predicted molar refractivity (Wildman–Crippen MR) is 67.3 cm³/mol. The van der Waals surface area contributed by atoms with Gasteiger partial charge in [0.05, 0.1) is 0 Å². The molecule has 0 spiro atoms. The van der Waals surface area contributed by atoms with E-state index in [0.29, 0.717) is 17.9 Å². The number of likely N-dealkylation sites (tertiary alicyclic amines) is 1. The van der Waals surface area contributed by atoms with Crippen LogP contribution in [0.25, 0.3) is 0 Å². The number of piperidine rings is 1. The van der Waals surface area contributed by atoms with Crippen molar-refractivity contribution in [3.8, 4) is 0 Å². The van der Waals surface area contributed by atoms with E-state index >= 15 is 0 Å². The van der Waals surface area contributed by atoms with Gasteiger partial charge < -0.3 is 9.80 Å². The number of amides is 1. The van der Waals surface area contributed by atoms with Crippen molar-refractivity contribution in [3.63, 3.8) is 0 Å². The van der Waals surface area contributed by atoms with Gasteiger partial charge in [0.25, 0.3) is 0 Å². The van der Waals surface area contributed by atoms with E-state index in [9.17, 15) is 4.79 Å². The first-order valence-corrected chi connectivity index (χ1v) is 6.38. The van der Waals surface area contributed by atoms with E-state index in [0.717, 1.165) is 25.9 Å². The molecule has 3 heteroatoms. The molecule has 0 unspecified atom stereocenters. The zero-order chi connectivity index (χ0) is 12.3. The number of hydrogen-bond donors (Lipinski definition) is 0. The van der Waals surface area contributed by atoms with Gasteiger partial charge in [-0.2, -0.15) is 0 Å². The molecule has 1 fully saturated rings. The zero-order valence-corrected chi connectivity index (χ0v) is 11.4. The Kier molecular flexibility index (Phi) is 4.78. The SMILES string of the molecule is CC(C)[C@@H](C)C(=O)N1CCC(N(C)C)CC1. The normalized spacial score (nSPS) is 20.6. The minimum atomic E-state index is 0.163. The molecule has 0 aromatic carbocycles. The van der Waals surface area contributed by atoms with Gasteiger partial charge in [-0.15, -0.1) is 0 Å². The third-order valence-electron chi connectivity index (χ3n) is 3.90. The van der Waals surface area contributed by atoms with Crippen LogP contribution in [0.15, 0.2) is 0 Å². The van der Waals surface area contributed by atoms with Crippen molar-refractivity contribution in [2.45, 2.75) is 39.7 Å². The van der Waals surface area contributed by atoms with E-state index in [4.69, 9.17) is 0 Å². The van der Waals surface area contributed by atoms with E-state index in [1.165, 1.54) is 0 Å². The van der Waals surface area contributed by atoms with E-state index in [1.807, 2.05) is 11.8 Å². The second-order valence-electron chi connectivity index (χ2n) is 5.55. The first-order chi connectivity index (χ1) is 7.43. The monoisotopic (exact) mass is 226 g/mol. The highest BCUT2D eigenvalue weighted by Crippen LogP contribution is 2.19. The Balaban J connectivity index is 2.45. The second kappa shape index (κ2) is 5.67. The van der Waals surface area contributed by atoms with Gasteiger partial charge in [0.15, 0.2) is 0 Å². The Morgan fingerprint density at radius 2 is 1.69 bits per heavy atom. The summed E-state index contributed by atoms with van der Waals surface area (Å²) in [4.78, 5) is 16.4. The van der Waals surface area contributed by atoms with Crippen LogP contribution < -0.4 is 0 Å². The molecular formula is C13H26N2O. The van der Waals surface area contributed by atoms with Gasteiger partial charge in [0.1, 0.15) is 0 Å². The fraction of sp³-hybridized carbons (Fsp3) is 0.923. The van der Waals surface area contributed by atoms with Crippen molar-refractivity contribution in [1.29, 1.82) is 0 Å². The molecule has 94 valence electrons. The number of hydrogen-bond acceptors (Lipinski definition) is 2. The Morgan fingerprint density at radius 3 is 2.06 bits per heavy atom. The fourth-order valence-electron chi connectivity index (χ4n) is 2.18. The van der Waals surface area contributed by atoms with E-state index in [1.54, 1.807) is 0 Å². The molecule has 1 amide bonds. The highest BCUT2D eigenvalue weighted by molar-refractivity contribution is 5.78. The minimum Gasteiger partial charge on any atom is -0.342 e. The summed E-state index contributed by atoms with van der Waals surface area (Å²) in [7, 11) is 4.25. The summed E-state index contributed by atoms with van der Waals surface area (Å²) in [6.45, 7) is 8.15. The molecule has 1 saturated heterocycles. The summed E-state index contributed by atoms with van der Waals surface area (Å²) in [5.41, 5.74) is 0. The van der Waals surface area contributed by atoms with Crippen molar-refractivity contribution in [2.75, 3.05) is 27.2 Å². The van der Waals surface area contributed by atoms with Gasteiger partial charge in [-0.1, -0.05) is 20.8 Å². The summed E-state index contributed by atoms with van der Waals surface area (Å²) in [5.74, 6) is 0.946. The van der Waals surface area contributed by atoms with Gasteiger partial charge >= 0.3 is 0 Å². The van der Waals surface area contributed by atoms with Crippen LogP contribution in [-0.2, 0) is 4.79 Å². The lowest BCUT2D eigenvalue weighted by atomic mass is 9.95. The van der Waals surface area contributed by atoms with Gasteiger partial charge in [0.2, 0.25) is 5.91 Å². The summed E-state index contributed by atoms with van der Waals surface area (Å²) >= 11 is 0. The van der Waals surface area contributed by atoms with Crippen molar-refractivity contribution < 1.29 is 4.79 Å². The molecular weight excluding hydrogens is 200 g/mol. The second-order valence-corrected chi connectivity index (χ2v) is 5.55. The lowest BCUT2D eigenvalue weighted by molar-refractivity contribution is -0.137. The Labute approximate surface area is 99.8 Å². The highest BCUT2D eigenvalue weighted by Gasteiger charge is 2.27. The zero-order valence-electron chi connectivity index (χ0n) is 11.4. The van der Waals surface area contributed by atoms with Crippen molar-refractivity contribution >= 4 is 5.91 Å². The van der Waals surface area contributed by atoms with Crippen LogP contribution in [0.1, 0.15) is 33.6 Å². The van der Waals surface area contributed by atoms with E-state index in [-0.39, 0.29) is 5.92 Å². The largest absolute Gasteiger partial charge is 0.342 e. The topological polar surface area (TPSA) is 23.6 Å². The van der Waals surface area contributed by atoms with Crippen LogP contribution >= 0.6 is 0 Å². The van der Waals surface area contributed by atoms with Crippen LogP contribution in [0, 0.1) is 11.8 Å². The summed E-state index contributed by atoms with van der Waals surface area (Å²) < 4.78 is 0. The Hall–Kier alpha value is -0.570. The molecule has 0 radical (unpaired) electrons. The first-order valence-electron chi connectivity index (χ1n) is 6.38. The molecule has 0 aromatic heterocycles. The molecule has 0 N–H and O–H groups in total. The van der Waals surface area contributed by atoms with Gasteiger partial charge in [0, 0.05) is 25.0 Å². The van der Waals surface area contributed by atoms with Crippen molar-refractivity contribution in [2.24, 2.45) is 11.8 Å². The van der Waals surface area contributed by atoms with Gasteiger partial charge in [-0.05, 0) is 32.9 Å². The minimum absolute atomic E-state index is 0.163. The maximum absolute atomic E-state index is 12.1. The number of carbonyl (C=O) groups excluding carboxylic acids is 1. The molecule has 0 saturated carbocycles. The van der Waals surface area contributed by atoms with Crippen LogP contribution in [0.2, 0.25) is 0 Å². The number of carbonyl (C=O) groups is 1. The standard InChI is InChI=1S/C13H26N2O/c1-10(2)11(3)13(16)15-8-6-12(7-9-15)14(4)5/h10-12H,6-9H2,1-5H3/t11-/m1/s1. The molecule has 16 heavy (non-hydrogen) atoms. The maximum Gasteiger partial charge on any atom is 0.225 e. The third-order valence-corrected chi connectivity index (χ3v) is 3.90. The van der Waals surface area contributed by atoms with E-state index < -0.39 is 0 Å². The quantitative estimate of drug-likeness (QED) is 0.733. The molecule has 1 aliphatic rings.